The molecule has 2 aromatic rings. The Bertz CT molecular complexity index is 606. The van der Waals surface area contributed by atoms with Crippen molar-refractivity contribution < 1.29 is 5.11 Å². The van der Waals surface area contributed by atoms with Gasteiger partial charge in [0.1, 0.15) is 6.61 Å². The van der Waals surface area contributed by atoms with E-state index in [1.165, 1.54) is 4.88 Å². The SMILES string of the molecule is Cc1cc(C)nc(SCc2ccc(C#CCO)s2)n1. The predicted molar refractivity (Wildman–Crippen MR) is 79.3 cm³/mol. The van der Waals surface area contributed by atoms with Crippen molar-refractivity contribution in [3.8, 4) is 11.8 Å². The number of thiophene rings is 1. The minimum atomic E-state index is -0.0988. The van der Waals surface area contributed by atoms with E-state index in [4.69, 9.17) is 5.11 Å². The van der Waals surface area contributed by atoms with Crippen LogP contribution < -0.4 is 0 Å². The quantitative estimate of drug-likeness (QED) is 0.536. The number of aromatic nitrogens is 2. The molecule has 19 heavy (non-hydrogen) atoms. The van der Waals surface area contributed by atoms with Crippen LogP contribution in [0.1, 0.15) is 21.1 Å². The Labute approximate surface area is 121 Å². The molecule has 0 amide bonds. The lowest BCUT2D eigenvalue weighted by atomic mass is 10.4. The minimum Gasteiger partial charge on any atom is -0.384 e. The molecule has 2 heterocycles. The Hall–Kier alpha value is -1.35. The van der Waals surface area contributed by atoms with E-state index in [1.54, 1.807) is 23.1 Å². The lowest BCUT2D eigenvalue weighted by Gasteiger charge is -2.01. The largest absolute Gasteiger partial charge is 0.384 e. The van der Waals surface area contributed by atoms with Gasteiger partial charge in [-0.2, -0.15) is 0 Å². The number of hydrogen-bond acceptors (Lipinski definition) is 5. The molecule has 2 rings (SSSR count). The van der Waals surface area contributed by atoms with Crippen LogP contribution in [0.15, 0.2) is 23.4 Å². The highest BCUT2D eigenvalue weighted by molar-refractivity contribution is 7.98. The second kappa shape index (κ2) is 6.71. The summed E-state index contributed by atoms with van der Waals surface area (Å²) in [6.07, 6.45) is 0. The molecule has 1 N–H and O–H groups in total. The first-order valence-electron chi connectivity index (χ1n) is 5.81. The normalized spacial score (nSPS) is 10.1. The lowest BCUT2D eigenvalue weighted by molar-refractivity contribution is 0.350. The maximum Gasteiger partial charge on any atom is 0.188 e. The number of aliphatic hydroxyl groups is 1. The summed E-state index contributed by atoms with van der Waals surface area (Å²) in [6, 6.07) is 6.01. The molecule has 0 aromatic carbocycles. The van der Waals surface area contributed by atoms with E-state index in [0.29, 0.717) is 0 Å². The fourth-order valence-electron chi connectivity index (χ4n) is 1.54. The number of hydrogen-bond donors (Lipinski definition) is 1. The molecule has 0 aliphatic carbocycles. The molecule has 0 saturated heterocycles. The van der Waals surface area contributed by atoms with Gasteiger partial charge in [0.05, 0.1) is 4.88 Å². The Morgan fingerprint density at radius 3 is 2.68 bits per heavy atom. The van der Waals surface area contributed by atoms with Gasteiger partial charge in [0.15, 0.2) is 5.16 Å². The first-order chi connectivity index (χ1) is 9.17. The van der Waals surface area contributed by atoms with Crippen molar-refractivity contribution in [3.05, 3.63) is 39.3 Å². The van der Waals surface area contributed by atoms with Gasteiger partial charge in [-0.05, 0) is 32.0 Å². The number of thioether (sulfide) groups is 1. The molecular weight excluding hydrogens is 276 g/mol. The van der Waals surface area contributed by atoms with E-state index in [0.717, 1.165) is 27.2 Å². The highest BCUT2D eigenvalue weighted by atomic mass is 32.2. The third kappa shape index (κ3) is 4.35. The standard InChI is InChI=1S/C14H14N2OS2/c1-10-8-11(2)16-14(15-10)18-9-13-6-5-12(19-13)4-3-7-17/h5-6,8,17H,7,9H2,1-2H3. The number of aryl methyl sites for hydroxylation is 2. The summed E-state index contributed by atoms with van der Waals surface area (Å²) in [6.45, 7) is 3.86. The van der Waals surface area contributed by atoms with Crippen molar-refractivity contribution in [1.29, 1.82) is 0 Å². The Balaban J connectivity index is 2.00. The molecule has 0 aliphatic rings. The Kier molecular flexibility index (Phi) is 4.97. The molecule has 0 bridgehead atoms. The van der Waals surface area contributed by atoms with Crippen molar-refractivity contribution >= 4 is 23.1 Å². The van der Waals surface area contributed by atoms with Crippen molar-refractivity contribution in [2.45, 2.75) is 24.8 Å². The van der Waals surface area contributed by atoms with Gasteiger partial charge in [0.25, 0.3) is 0 Å². The monoisotopic (exact) mass is 290 g/mol. The van der Waals surface area contributed by atoms with Crippen LogP contribution in [0.25, 0.3) is 0 Å². The van der Waals surface area contributed by atoms with E-state index >= 15 is 0 Å². The molecule has 0 aliphatic heterocycles. The van der Waals surface area contributed by atoms with Crippen LogP contribution in [0.3, 0.4) is 0 Å². The summed E-state index contributed by atoms with van der Waals surface area (Å²) in [5.41, 5.74) is 1.99. The van der Waals surface area contributed by atoms with E-state index < -0.39 is 0 Å². The first kappa shape index (κ1) is 14.1. The molecule has 0 atom stereocenters. The van der Waals surface area contributed by atoms with Gasteiger partial charge >= 0.3 is 0 Å². The molecule has 0 unspecified atom stereocenters. The van der Waals surface area contributed by atoms with Gasteiger partial charge in [-0.25, -0.2) is 9.97 Å². The van der Waals surface area contributed by atoms with Gasteiger partial charge in [0.2, 0.25) is 0 Å². The van der Waals surface area contributed by atoms with Gasteiger partial charge in [-0.15, -0.1) is 11.3 Å². The fraction of sp³-hybridized carbons (Fsp3) is 0.286. The van der Waals surface area contributed by atoms with Crippen molar-refractivity contribution in [3.63, 3.8) is 0 Å². The summed E-state index contributed by atoms with van der Waals surface area (Å²) in [5, 5.41) is 9.46. The fourth-order valence-corrected chi connectivity index (χ4v) is 3.42. The Morgan fingerprint density at radius 2 is 2.00 bits per heavy atom. The smallest absolute Gasteiger partial charge is 0.188 e. The number of aliphatic hydroxyl groups excluding tert-OH is 1. The van der Waals surface area contributed by atoms with E-state index in [9.17, 15) is 0 Å². The van der Waals surface area contributed by atoms with Crippen LogP contribution in [-0.2, 0) is 5.75 Å². The van der Waals surface area contributed by atoms with E-state index in [-0.39, 0.29) is 6.61 Å². The zero-order valence-corrected chi connectivity index (χ0v) is 12.4. The van der Waals surface area contributed by atoms with Gasteiger partial charge in [-0.3, -0.25) is 0 Å². The summed E-state index contributed by atoms with van der Waals surface area (Å²) < 4.78 is 0. The summed E-state index contributed by atoms with van der Waals surface area (Å²) in [7, 11) is 0. The Morgan fingerprint density at radius 1 is 1.26 bits per heavy atom. The van der Waals surface area contributed by atoms with Crippen molar-refractivity contribution in [2.75, 3.05) is 6.61 Å². The average Bonchev–Trinajstić information content (AvgIpc) is 2.81. The third-order valence-corrected chi connectivity index (χ3v) is 4.34. The molecule has 0 spiro atoms. The van der Waals surface area contributed by atoms with E-state index in [1.807, 2.05) is 26.0 Å². The van der Waals surface area contributed by atoms with Crippen LogP contribution in [0.4, 0.5) is 0 Å². The molecule has 5 heteroatoms. The molecule has 3 nitrogen and oxygen atoms in total. The highest BCUT2D eigenvalue weighted by Crippen LogP contribution is 2.24. The zero-order chi connectivity index (χ0) is 13.7. The topological polar surface area (TPSA) is 46.0 Å². The van der Waals surface area contributed by atoms with Crippen molar-refractivity contribution in [2.24, 2.45) is 0 Å². The number of nitrogens with zero attached hydrogens (tertiary/aromatic N) is 2. The van der Waals surface area contributed by atoms with Gasteiger partial charge < -0.3 is 5.11 Å². The van der Waals surface area contributed by atoms with Crippen molar-refractivity contribution in [1.82, 2.24) is 9.97 Å². The third-order valence-electron chi connectivity index (χ3n) is 2.26. The van der Waals surface area contributed by atoms with Gasteiger partial charge in [0, 0.05) is 22.0 Å². The predicted octanol–water partition coefficient (Wildman–Crippen LogP) is 2.79. The molecular formula is C14H14N2OS2. The van der Waals surface area contributed by atoms with Crippen LogP contribution in [-0.4, -0.2) is 21.7 Å². The second-order valence-corrected chi connectivity index (χ2v) is 6.06. The van der Waals surface area contributed by atoms with Crippen LogP contribution in [0, 0.1) is 25.7 Å². The van der Waals surface area contributed by atoms with Gasteiger partial charge in [-0.1, -0.05) is 23.6 Å². The summed E-state index contributed by atoms with van der Waals surface area (Å²) in [4.78, 5) is 11.0. The molecule has 0 saturated carbocycles. The molecule has 0 radical (unpaired) electrons. The molecule has 2 aromatic heterocycles. The highest BCUT2D eigenvalue weighted by Gasteiger charge is 2.03. The molecule has 98 valence electrons. The average molecular weight is 290 g/mol. The number of rotatable bonds is 3. The van der Waals surface area contributed by atoms with E-state index in [2.05, 4.69) is 27.9 Å². The summed E-state index contributed by atoms with van der Waals surface area (Å²) in [5.74, 6) is 6.40. The first-order valence-corrected chi connectivity index (χ1v) is 7.61. The minimum absolute atomic E-state index is 0.0988. The van der Waals surface area contributed by atoms with Crippen LogP contribution in [0.2, 0.25) is 0 Å². The maximum absolute atomic E-state index is 8.65. The second-order valence-electron chi connectivity index (χ2n) is 3.95. The van der Waals surface area contributed by atoms with Crippen LogP contribution in [0.5, 0.6) is 0 Å². The lowest BCUT2D eigenvalue weighted by Crippen LogP contribution is -1.92. The summed E-state index contributed by atoms with van der Waals surface area (Å²) >= 11 is 3.27. The maximum atomic E-state index is 8.65. The zero-order valence-electron chi connectivity index (χ0n) is 10.8. The molecule has 0 fully saturated rings. The van der Waals surface area contributed by atoms with Crippen LogP contribution >= 0.6 is 23.1 Å².